The average Bonchev–Trinajstić information content (AvgIpc) is 3.00. The molecule has 1 fully saturated rings. The maximum atomic E-state index is 11.9. The summed E-state index contributed by atoms with van der Waals surface area (Å²) in [7, 11) is 0. The van der Waals surface area contributed by atoms with Crippen LogP contribution in [0.5, 0.6) is 5.75 Å². The summed E-state index contributed by atoms with van der Waals surface area (Å²) >= 11 is 5.61. The van der Waals surface area contributed by atoms with Crippen LogP contribution in [0.1, 0.15) is 38.6 Å². The van der Waals surface area contributed by atoms with E-state index in [1.807, 2.05) is 43.3 Å². The van der Waals surface area contributed by atoms with Crippen LogP contribution >= 0.6 is 11.6 Å². The standard InChI is InChI=1S/C24H28ClN3O3/c1-2-30-19-11-12-20-21(15-19)28(18-5-3-6-18)23(22(20)26)16-7-9-17(10-8-16)27-24(29)31-14-4-13-25/h7-12,15,18H,2-6,13-14,26H2,1H3,(H,27,29). The summed E-state index contributed by atoms with van der Waals surface area (Å²) in [5.74, 6) is 1.32. The van der Waals surface area contributed by atoms with E-state index >= 15 is 0 Å². The Morgan fingerprint density at radius 2 is 2.00 bits per heavy atom. The lowest BCUT2D eigenvalue weighted by Crippen LogP contribution is -2.18. The Kier molecular flexibility index (Phi) is 6.56. The first-order chi connectivity index (χ1) is 15.1. The number of nitrogens with zero attached hydrogens (tertiary/aromatic N) is 1. The molecule has 0 saturated heterocycles. The molecular formula is C24H28ClN3O3. The zero-order valence-electron chi connectivity index (χ0n) is 17.7. The highest BCUT2D eigenvalue weighted by Gasteiger charge is 2.27. The second-order valence-electron chi connectivity index (χ2n) is 7.71. The predicted octanol–water partition coefficient (Wildman–Crippen LogP) is 6.19. The molecule has 0 radical (unpaired) electrons. The number of alkyl halides is 1. The number of ether oxygens (including phenoxy) is 2. The Labute approximate surface area is 187 Å². The van der Waals surface area contributed by atoms with Crippen LogP contribution < -0.4 is 15.8 Å². The SMILES string of the molecule is CCOc1ccc2c(N)c(-c3ccc(NC(=O)OCCCCl)cc3)n(C3CCC3)c2c1. The summed E-state index contributed by atoms with van der Waals surface area (Å²) in [5, 5.41) is 3.78. The number of carbonyl (C=O) groups excluding carboxylic acids is 1. The van der Waals surface area contributed by atoms with Crippen molar-refractivity contribution < 1.29 is 14.3 Å². The van der Waals surface area contributed by atoms with Crippen molar-refractivity contribution in [2.24, 2.45) is 0 Å². The van der Waals surface area contributed by atoms with Crippen molar-refractivity contribution in [3.63, 3.8) is 0 Å². The minimum Gasteiger partial charge on any atom is -0.494 e. The molecule has 6 nitrogen and oxygen atoms in total. The van der Waals surface area contributed by atoms with E-state index in [1.54, 1.807) is 0 Å². The number of nitrogens with two attached hydrogens (primary N) is 1. The lowest BCUT2D eigenvalue weighted by Gasteiger charge is -2.30. The number of nitrogen functional groups attached to an aromatic ring is 1. The van der Waals surface area contributed by atoms with E-state index in [2.05, 4.69) is 16.0 Å². The average molecular weight is 442 g/mol. The Hall–Kier alpha value is -2.86. The van der Waals surface area contributed by atoms with Gasteiger partial charge in [0.2, 0.25) is 0 Å². The molecule has 1 aromatic heterocycles. The van der Waals surface area contributed by atoms with E-state index in [0.717, 1.165) is 46.4 Å². The maximum Gasteiger partial charge on any atom is 0.411 e. The van der Waals surface area contributed by atoms with Gasteiger partial charge in [-0.2, -0.15) is 0 Å². The van der Waals surface area contributed by atoms with Crippen LogP contribution in [0.15, 0.2) is 42.5 Å². The first-order valence-corrected chi connectivity index (χ1v) is 11.3. The molecule has 1 aliphatic carbocycles. The molecule has 31 heavy (non-hydrogen) atoms. The van der Waals surface area contributed by atoms with Crippen molar-refractivity contribution in [2.45, 2.75) is 38.6 Å². The van der Waals surface area contributed by atoms with Gasteiger partial charge in [0, 0.05) is 34.6 Å². The zero-order valence-corrected chi connectivity index (χ0v) is 18.5. The minimum absolute atomic E-state index is 0.301. The van der Waals surface area contributed by atoms with Crippen LogP contribution in [0.25, 0.3) is 22.2 Å². The lowest BCUT2D eigenvalue weighted by molar-refractivity contribution is 0.162. The molecule has 4 rings (SSSR count). The fraction of sp³-hybridized carbons (Fsp3) is 0.375. The number of hydrogen-bond acceptors (Lipinski definition) is 4. The zero-order chi connectivity index (χ0) is 21.8. The largest absolute Gasteiger partial charge is 0.494 e. The van der Waals surface area contributed by atoms with Crippen LogP contribution in [-0.2, 0) is 4.74 Å². The summed E-state index contributed by atoms with van der Waals surface area (Å²) in [4.78, 5) is 11.9. The number of anilines is 2. The molecule has 0 unspecified atom stereocenters. The van der Waals surface area contributed by atoms with Gasteiger partial charge < -0.3 is 19.8 Å². The monoisotopic (exact) mass is 441 g/mol. The predicted molar refractivity (Wildman–Crippen MR) is 126 cm³/mol. The molecule has 3 N–H and O–H groups in total. The van der Waals surface area contributed by atoms with Gasteiger partial charge in [-0.3, -0.25) is 5.32 Å². The lowest BCUT2D eigenvalue weighted by atomic mass is 9.92. The minimum atomic E-state index is -0.482. The van der Waals surface area contributed by atoms with Crippen molar-refractivity contribution >= 4 is 40.0 Å². The summed E-state index contributed by atoms with van der Waals surface area (Å²) in [6.45, 7) is 2.91. The molecule has 1 heterocycles. The van der Waals surface area contributed by atoms with Crippen LogP contribution in [0.2, 0.25) is 0 Å². The van der Waals surface area contributed by atoms with Gasteiger partial charge in [-0.25, -0.2) is 4.79 Å². The molecular weight excluding hydrogens is 414 g/mol. The van der Waals surface area contributed by atoms with Gasteiger partial charge in [0.1, 0.15) is 5.75 Å². The Bertz CT molecular complexity index is 1060. The van der Waals surface area contributed by atoms with Crippen molar-refractivity contribution in [1.29, 1.82) is 0 Å². The van der Waals surface area contributed by atoms with Gasteiger partial charge in [-0.05, 0) is 56.9 Å². The molecule has 7 heteroatoms. The first-order valence-electron chi connectivity index (χ1n) is 10.8. The second-order valence-corrected chi connectivity index (χ2v) is 8.09. The van der Waals surface area contributed by atoms with Crippen LogP contribution in [0.3, 0.4) is 0 Å². The molecule has 1 aliphatic rings. The highest BCUT2D eigenvalue weighted by atomic mass is 35.5. The number of rotatable bonds is 8. The number of amides is 1. The fourth-order valence-electron chi connectivity index (χ4n) is 3.98. The number of carbonyl (C=O) groups is 1. The van der Waals surface area contributed by atoms with Crippen molar-refractivity contribution in [3.8, 4) is 17.0 Å². The molecule has 0 atom stereocenters. The topological polar surface area (TPSA) is 78.5 Å². The molecule has 164 valence electrons. The van der Waals surface area contributed by atoms with Gasteiger partial charge in [0.15, 0.2) is 0 Å². The molecule has 2 aromatic carbocycles. The Morgan fingerprint density at radius 3 is 2.65 bits per heavy atom. The van der Waals surface area contributed by atoms with Crippen molar-refractivity contribution in [2.75, 3.05) is 30.1 Å². The Balaban J connectivity index is 1.65. The van der Waals surface area contributed by atoms with Crippen molar-refractivity contribution in [1.82, 2.24) is 4.57 Å². The van der Waals surface area contributed by atoms with Crippen LogP contribution in [0.4, 0.5) is 16.2 Å². The summed E-state index contributed by atoms with van der Waals surface area (Å²) in [6, 6.07) is 14.2. The van der Waals surface area contributed by atoms with Gasteiger partial charge >= 0.3 is 6.09 Å². The molecule has 0 bridgehead atoms. The third-order valence-corrected chi connectivity index (χ3v) is 5.95. The van der Waals surface area contributed by atoms with Gasteiger partial charge in [0.25, 0.3) is 0 Å². The number of halogens is 1. The highest BCUT2D eigenvalue weighted by molar-refractivity contribution is 6.17. The van der Waals surface area contributed by atoms with E-state index in [-0.39, 0.29) is 0 Å². The number of benzene rings is 2. The number of nitrogens with one attached hydrogen (secondary N) is 1. The van der Waals surface area contributed by atoms with E-state index in [0.29, 0.717) is 37.2 Å². The van der Waals surface area contributed by atoms with E-state index in [1.165, 1.54) is 6.42 Å². The quantitative estimate of drug-likeness (QED) is 0.322. The summed E-state index contributed by atoms with van der Waals surface area (Å²) in [6.07, 6.45) is 3.66. The smallest absolute Gasteiger partial charge is 0.411 e. The van der Waals surface area contributed by atoms with Gasteiger partial charge in [-0.15, -0.1) is 11.6 Å². The first kappa shape index (κ1) is 21.4. The number of fused-ring (bicyclic) bond motifs is 1. The Morgan fingerprint density at radius 1 is 1.23 bits per heavy atom. The molecule has 0 spiro atoms. The molecule has 1 saturated carbocycles. The third-order valence-electron chi connectivity index (χ3n) is 5.68. The third kappa shape index (κ3) is 4.44. The van der Waals surface area contributed by atoms with E-state index in [4.69, 9.17) is 26.8 Å². The molecule has 1 amide bonds. The van der Waals surface area contributed by atoms with Gasteiger partial charge in [0.05, 0.1) is 30.1 Å². The van der Waals surface area contributed by atoms with Gasteiger partial charge in [-0.1, -0.05) is 12.1 Å². The summed E-state index contributed by atoms with van der Waals surface area (Å²) < 4.78 is 13.2. The van der Waals surface area contributed by atoms with Crippen molar-refractivity contribution in [3.05, 3.63) is 42.5 Å². The normalized spacial score (nSPS) is 13.7. The fourth-order valence-corrected chi connectivity index (χ4v) is 4.09. The van der Waals surface area contributed by atoms with Crippen LogP contribution in [0, 0.1) is 0 Å². The van der Waals surface area contributed by atoms with E-state index < -0.39 is 6.09 Å². The second kappa shape index (κ2) is 9.52. The summed E-state index contributed by atoms with van der Waals surface area (Å²) in [5.41, 5.74) is 11.2. The highest BCUT2D eigenvalue weighted by Crippen LogP contribution is 2.44. The molecule has 0 aliphatic heterocycles. The van der Waals surface area contributed by atoms with E-state index in [9.17, 15) is 4.79 Å². The van der Waals surface area contributed by atoms with Crippen LogP contribution in [-0.4, -0.2) is 29.8 Å². The molecule has 3 aromatic rings. The number of aromatic nitrogens is 1. The maximum absolute atomic E-state index is 11.9. The number of hydrogen-bond donors (Lipinski definition) is 2.